The van der Waals surface area contributed by atoms with Crippen molar-refractivity contribution in [2.45, 2.75) is 97.8 Å². The van der Waals surface area contributed by atoms with Crippen molar-refractivity contribution in [1.29, 1.82) is 0 Å². The van der Waals surface area contributed by atoms with Gasteiger partial charge in [-0.2, -0.15) is 0 Å². The number of hydrogen-bond acceptors (Lipinski definition) is 3. The number of carboxylic acid groups (broad SMARTS) is 1. The molecule has 5 nitrogen and oxygen atoms in total. The summed E-state index contributed by atoms with van der Waals surface area (Å²) in [6.07, 6.45) is 11.0. The normalized spacial score (nSPS) is 38.4. The minimum atomic E-state index is -0.700. The Morgan fingerprint density at radius 3 is 2.42 bits per heavy atom. The summed E-state index contributed by atoms with van der Waals surface area (Å²) in [7, 11) is 0. The lowest BCUT2D eigenvalue weighted by Gasteiger charge is -2.70. The number of carboxylic acids is 1. The molecular formula is C37H44ClNO4. The summed E-state index contributed by atoms with van der Waals surface area (Å²) in [6, 6.07) is 7.77. The van der Waals surface area contributed by atoms with Crippen LogP contribution in [0.2, 0.25) is 5.02 Å². The molecule has 2 aromatic carbocycles. The number of benzene rings is 2. The maximum atomic E-state index is 12.5. The van der Waals surface area contributed by atoms with E-state index in [9.17, 15) is 20.1 Å². The van der Waals surface area contributed by atoms with Crippen molar-refractivity contribution in [3.63, 3.8) is 0 Å². The average molecular weight is 602 g/mol. The van der Waals surface area contributed by atoms with Crippen LogP contribution in [0.15, 0.2) is 42.1 Å². The van der Waals surface area contributed by atoms with E-state index in [2.05, 4.69) is 51.0 Å². The predicted molar refractivity (Wildman–Crippen MR) is 171 cm³/mol. The van der Waals surface area contributed by atoms with Crippen LogP contribution in [0.25, 0.3) is 10.9 Å². The molecule has 7 rings (SSSR count). The van der Waals surface area contributed by atoms with Gasteiger partial charge in [0, 0.05) is 33.5 Å². The number of fused-ring (bicyclic) bond motifs is 8. The van der Waals surface area contributed by atoms with Gasteiger partial charge in [0.05, 0.1) is 5.41 Å². The number of nitrogens with one attached hydrogen (secondary N) is 1. The zero-order valence-electron chi connectivity index (χ0n) is 26.2. The molecule has 0 spiro atoms. The molecule has 0 bridgehead atoms. The van der Waals surface area contributed by atoms with Crippen molar-refractivity contribution in [2.24, 2.45) is 27.6 Å². The molecule has 3 fully saturated rings. The van der Waals surface area contributed by atoms with Gasteiger partial charge in [0.2, 0.25) is 0 Å². The second-order valence-corrected chi connectivity index (χ2v) is 16.1. The fraction of sp³-hybridized carbons (Fsp3) is 0.541. The van der Waals surface area contributed by atoms with Gasteiger partial charge in [-0.05, 0) is 121 Å². The Bertz CT molecular complexity index is 1740. The lowest BCUT2D eigenvalue weighted by molar-refractivity contribution is -0.177. The third-order valence-electron chi connectivity index (χ3n) is 13.6. The highest BCUT2D eigenvalue weighted by molar-refractivity contribution is 6.31. The molecule has 6 heteroatoms. The Balaban J connectivity index is 1.46. The Morgan fingerprint density at radius 1 is 0.977 bits per heavy atom. The number of phenols is 2. The maximum Gasteiger partial charge on any atom is 0.309 e. The molecule has 4 aliphatic rings. The van der Waals surface area contributed by atoms with Crippen molar-refractivity contribution in [3.8, 4) is 11.5 Å². The molecule has 3 aromatic rings. The van der Waals surface area contributed by atoms with Crippen molar-refractivity contribution >= 4 is 28.5 Å². The number of rotatable bonds is 2. The number of H-pyrrole nitrogens is 1. The summed E-state index contributed by atoms with van der Waals surface area (Å²) in [5.74, 6) is -0.612. The van der Waals surface area contributed by atoms with Gasteiger partial charge in [0.25, 0.3) is 0 Å². The highest BCUT2D eigenvalue weighted by Crippen LogP contribution is 2.75. The molecule has 7 atom stereocenters. The number of allylic oxidation sites excluding steroid dienone is 2. The van der Waals surface area contributed by atoms with Crippen LogP contribution in [0.3, 0.4) is 0 Å². The zero-order chi connectivity index (χ0) is 30.9. The maximum absolute atomic E-state index is 12.5. The van der Waals surface area contributed by atoms with E-state index in [-0.39, 0.29) is 39.1 Å². The first-order valence-corrected chi connectivity index (χ1v) is 16.2. The molecule has 3 saturated carbocycles. The van der Waals surface area contributed by atoms with Gasteiger partial charge in [-0.15, -0.1) is 0 Å². The third-order valence-corrected chi connectivity index (χ3v) is 13.9. The molecule has 0 aliphatic heterocycles. The standard InChI is InChI=1S/C37H44ClNO4/c1-20-30-23(24-19-39-26-15-21(38)7-8-22(24)26)16-28-35(4,25(30)17-27(40)31(20)41)12-14-37(6)29-18-34(3,32(42)43)10-9-33(29,2)11-13-36(28,37)5/h7-8,15-17,19,23,29,39-41H,9-14,18H2,1-6H3,(H,42,43)/t23?,29-,33+,34+,35-,36+,37-/m0/s1. The lowest BCUT2D eigenvalue weighted by atomic mass is 9.34. The fourth-order valence-electron chi connectivity index (χ4n) is 10.6. The van der Waals surface area contributed by atoms with E-state index in [1.165, 1.54) is 5.57 Å². The van der Waals surface area contributed by atoms with Crippen LogP contribution < -0.4 is 0 Å². The molecule has 0 amide bonds. The first kappa shape index (κ1) is 28.8. The van der Waals surface area contributed by atoms with Crippen molar-refractivity contribution in [1.82, 2.24) is 4.98 Å². The van der Waals surface area contributed by atoms with Gasteiger partial charge in [0.1, 0.15) is 0 Å². The number of phenolic OH excluding ortho intramolecular Hbond substituents is 2. The molecule has 1 heterocycles. The minimum absolute atomic E-state index is 0.0532. The third kappa shape index (κ3) is 3.61. The predicted octanol–water partition coefficient (Wildman–Crippen LogP) is 9.37. The van der Waals surface area contributed by atoms with E-state index < -0.39 is 11.4 Å². The smallest absolute Gasteiger partial charge is 0.309 e. The van der Waals surface area contributed by atoms with Crippen LogP contribution in [-0.4, -0.2) is 26.3 Å². The molecule has 0 saturated heterocycles. The summed E-state index contributed by atoms with van der Waals surface area (Å²) in [6.45, 7) is 13.6. The topological polar surface area (TPSA) is 93.5 Å². The Kier molecular flexibility index (Phi) is 5.92. The number of hydrogen-bond donors (Lipinski definition) is 4. The Hall–Kier alpha value is -2.92. The number of aromatic amines is 1. The van der Waals surface area contributed by atoms with Crippen molar-refractivity contribution in [3.05, 3.63) is 69.4 Å². The Morgan fingerprint density at radius 2 is 1.70 bits per heavy atom. The highest BCUT2D eigenvalue weighted by atomic mass is 35.5. The van der Waals surface area contributed by atoms with Gasteiger partial charge >= 0.3 is 5.97 Å². The van der Waals surface area contributed by atoms with Gasteiger partial charge in [0.15, 0.2) is 11.5 Å². The Labute approximate surface area is 259 Å². The first-order chi connectivity index (χ1) is 20.1. The highest BCUT2D eigenvalue weighted by Gasteiger charge is 2.67. The number of carbonyl (C=O) groups is 1. The number of aromatic hydroxyl groups is 2. The summed E-state index contributed by atoms with van der Waals surface area (Å²) in [5, 5.41) is 34.1. The van der Waals surface area contributed by atoms with Gasteiger partial charge in [-0.1, -0.05) is 57.0 Å². The molecule has 1 aromatic heterocycles. The van der Waals surface area contributed by atoms with E-state index >= 15 is 0 Å². The van der Waals surface area contributed by atoms with E-state index in [4.69, 9.17) is 11.6 Å². The summed E-state index contributed by atoms with van der Waals surface area (Å²) in [5.41, 5.74) is 5.27. The molecule has 4 N–H and O–H groups in total. The minimum Gasteiger partial charge on any atom is -0.504 e. The number of aliphatic carboxylic acids is 1. The van der Waals surface area contributed by atoms with Gasteiger partial charge in [-0.3, -0.25) is 4.79 Å². The number of aromatic nitrogens is 1. The van der Waals surface area contributed by atoms with Crippen LogP contribution in [0.4, 0.5) is 0 Å². The van der Waals surface area contributed by atoms with Crippen molar-refractivity contribution in [2.75, 3.05) is 0 Å². The molecular weight excluding hydrogens is 558 g/mol. The zero-order valence-corrected chi connectivity index (χ0v) is 27.0. The molecule has 0 radical (unpaired) electrons. The van der Waals surface area contributed by atoms with Crippen LogP contribution >= 0.6 is 11.6 Å². The van der Waals surface area contributed by atoms with Crippen LogP contribution in [0.5, 0.6) is 11.5 Å². The fourth-order valence-corrected chi connectivity index (χ4v) is 10.7. The molecule has 228 valence electrons. The van der Waals surface area contributed by atoms with E-state index in [0.29, 0.717) is 17.4 Å². The summed E-state index contributed by atoms with van der Waals surface area (Å²) in [4.78, 5) is 16.0. The molecule has 4 aliphatic carbocycles. The monoisotopic (exact) mass is 601 g/mol. The van der Waals surface area contributed by atoms with Crippen molar-refractivity contribution < 1.29 is 20.1 Å². The van der Waals surface area contributed by atoms with Crippen LogP contribution in [0.1, 0.15) is 108 Å². The largest absolute Gasteiger partial charge is 0.504 e. The average Bonchev–Trinajstić information content (AvgIpc) is 3.37. The van der Waals surface area contributed by atoms with E-state index in [1.54, 1.807) is 0 Å². The van der Waals surface area contributed by atoms with Crippen LogP contribution in [-0.2, 0) is 10.2 Å². The SMILES string of the molecule is Cc1c(O)c(O)cc2c1C(c1c[nH]c3cc(Cl)ccc13)C=C1[C@@]2(C)CC[C@@]2(C)[C@H]3C[C@](C)(C(=O)O)CC[C@]3(C)CC[C@]12C. The first-order valence-electron chi connectivity index (χ1n) is 15.9. The second-order valence-electron chi connectivity index (χ2n) is 15.7. The quantitative estimate of drug-likeness (QED) is 0.174. The molecule has 43 heavy (non-hydrogen) atoms. The van der Waals surface area contributed by atoms with Crippen LogP contribution in [0, 0.1) is 34.5 Å². The lowest BCUT2D eigenvalue weighted by Crippen LogP contribution is -2.62. The second kappa shape index (κ2) is 8.84. The van der Waals surface area contributed by atoms with Gasteiger partial charge < -0.3 is 20.3 Å². The van der Waals surface area contributed by atoms with E-state index in [0.717, 1.165) is 71.7 Å². The van der Waals surface area contributed by atoms with Gasteiger partial charge in [-0.25, -0.2) is 0 Å². The molecule has 1 unspecified atom stereocenters. The van der Waals surface area contributed by atoms with E-state index in [1.807, 2.05) is 32.0 Å². The summed E-state index contributed by atoms with van der Waals surface area (Å²) < 4.78 is 0. The number of halogens is 1. The summed E-state index contributed by atoms with van der Waals surface area (Å²) >= 11 is 6.35.